The highest BCUT2D eigenvalue weighted by atomic mass is 16.2. The van der Waals surface area contributed by atoms with E-state index in [1.807, 2.05) is 43.3 Å². The first-order chi connectivity index (χ1) is 18.6. The minimum Gasteiger partial charge on any atom is -0.274 e. The number of anilines is 2. The van der Waals surface area contributed by atoms with E-state index < -0.39 is 23.2 Å². The van der Waals surface area contributed by atoms with Crippen molar-refractivity contribution in [3.8, 4) is 0 Å². The van der Waals surface area contributed by atoms with Crippen LogP contribution in [-0.4, -0.2) is 23.6 Å². The Kier molecular flexibility index (Phi) is 5.94. The fourth-order valence-electron chi connectivity index (χ4n) is 7.97. The normalized spacial score (nSPS) is 32.5. The van der Waals surface area contributed by atoms with Crippen molar-refractivity contribution in [2.75, 3.05) is 9.80 Å². The Labute approximate surface area is 230 Å². The molecule has 0 radical (unpaired) electrons. The number of amides is 4. The smallest absolute Gasteiger partial charge is 0.241 e. The molecule has 6 nitrogen and oxygen atoms in total. The lowest BCUT2D eigenvalue weighted by Gasteiger charge is -2.45. The van der Waals surface area contributed by atoms with Crippen LogP contribution >= 0.6 is 0 Å². The highest BCUT2D eigenvalue weighted by molar-refractivity contribution is 6.24. The number of carbonyl (C=O) groups is 4. The van der Waals surface area contributed by atoms with E-state index in [1.165, 1.54) is 9.80 Å². The SMILES string of the molecule is CCC1=C[C@]2(C3CC(=O)N(c4ccccc4)C3=O)CC(C(C)(C)C)C[C@@H]2[C@@H]2C(=O)N(c3ccccc3)C(=O)[C@H]12. The summed E-state index contributed by atoms with van der Waals surface area (Å²) in [5.74, 6) is -2.27. The summed E-state index contributed by atoms with van der Waals surface area (Å²) in [5, 5.41) is 0. The van der Waals surface area contributed by atoms with Crippen molar-refractivity contribution in [1.82, 2.24) is 0 Å². The second-order valence-electron chi connectivity index (χ2n) is 12.8. The van der Waals surface area contributed by atoms with E-state index >= 15 is 0 Å². The average Bonchev–Trinajstić information content (AvgIpc) is 3.54. The molecule has 0 bridgehead atoms. The maximum atomic E-state index is 14.2. The zero-order valence-corrected chi connectivity index (χ0v) is 23.1. The molecule has 3 fully saturated rings. The third kappa shape index (κ3) is 3.75. The minimum atomic E-state index is -0.649. The van der Waals surface area contributed by atoms with Gasteiger partial charge < -0.3 is 0 Å². The molecular formula is C33H36N2O4. The molecule has 39 heavy (non-hydrogen) atoms. The number of allylic oxidation sites excluding steroid dienone is 1. The number of imide groups is 2. The summed E-state index contributed by atoms with van der Waals surface area (Å²) < 4.78 is 0. The van der Waals surface area contributed by atoms with Gasteiger partial charge in [0.1, 0.15) is 0 Å². The first kappa shape index (κ1) is 25.7. The van der Waals surface area contributed by atoms with Crippen molar-refractivity contribution >= 4 is 35.0 Å². The topological polar surface area (TPSA) is 74.8 Å². The van der Waals surface area contributed by atoms with Crippen molar-refractivity contribution in [2.45, 2.75) is 53.4 Å². The lowest BCUT2D eigenvalue weighted by molar-refractivity contribution is -0.129. The molecule has 6 atom stereocenters. The van der Waals surface area contributed by atoms with E-state index in [1.54, 1.807) is 24.3 Å². The maximum Gasteiger partial charge on any atom is 0.241 e. The number of benzene rings is 2. The highest BCUT2D eigenvalue weighted by Gasteiger charge is 2.67. The molecule has 6 heteroatoms. The van der Waals surface area contributed by atoms with Crippen LogP contribution in [0.15, 0.2) is 72.3 Å². The van der Waals surface area contributed by atoms with Gasteiger partial charge in [-0.25, -0.2) is 4.90 Å². The van der Waals surface area contributed by atoms with E-state index in [2.05, 4.69) is 26.8 Å². The van der Waals surface area contributed by atoms with Gasteiger partial charge in [-0.1, -0.05) is 75.7 Å². The molecule has 2 unspecified atom stereocenters. The maximum absolute atomic E-state index is 14.2. The Balaban J connectivity index is 1.48. The quantitative estimate of drug-likeness (QED) is 0.375. The van der Waals surface area contributed by atoms with E-state index in [-0.39, 0.29) is 47.3 Å². The van der Waals surface area contributed by atoms with Crippen molar-refractivity contribution < 1.29 is 19.2 Å². The third-order valence-corrected chi connectivity index (χ3v) is 9.92. The molecule has 0 aromatic heterocycles. The molecule has 2 aliphatic heterocycles. The Morgan fingerprint density at radius 3 is 1.97 bits per heavy atom. The van der Waals surface area contributed by atoms with Crippen LogP contribution in [0, 0.1) is 40.4 Å². The Hall–Kier alpha value is -3.54. The summed E-state index contributed by atoms with van der Waals surface area (Å²) in [4.78, 5) is 58.4. The van der Waals surface area contributed by atoms with E-state index in [0.717, 1.165) is 18.4 Å². The molecule has 2 saturated heterocycles. The number of nitrogens with zero attached hydrogens (tertiary/aromatic N) is 2. The third-order valence-electron chi connectivity index (χ3n) is 9.92. The van der Waals surface area contributed by atoms with Crippen LogP contribution in [0.1, 0.15) is 53.4 Å². The van der Waals surface area contributed by atoms with Gasteiger partial charge >= 0.3 is 0 Å². The Morgan fingerprint density at radius 1 is 0.821 bits per heavy atom. The molecule has 2 aromatic rings. The van der Waals surface area contributed by atoms with Crippen LogP contribution in [0.4, 0.5) is 11.4 Å². The van der Waals surface area contributed by atoms with Gasteiger partial charge in [-0.2, -0.15) is 0 Å². The number of fused-ring (bicyclic) bond motifs is 3. The standard InChI is InChI=1S/C33H36N2O4/c1-5-20-18-33(25-17-26(36)34(29(25)37)22-12-8-6-9-13-22)19-21(32(2,3)4)16-24(33)28-27(20)30(38)35(31(28)39)23-14-10-7-11-15-23/h6-15,18,21,24-25,27-28H,5,16-17,19H2,1-4H3/t21?,24-,25?,27-,28+,33+/m1/s1. The first-order valence-electron chi connectivity index (χ1n) is 14.1. The van der Waals surface area contributed by atoms with E-state index in [9.17, 15) is 19.2 Å². The number of para-hydroxylation sites is 2. The van der Waals surface area contributed by atoms with Crippen molar-refractivity contribution in [3.05, 3.63) is 72.3 Å². The summed E-state index contributed by atoms with van der Waals surface area (Å²) in [6.07, 6.45) is 4.41. The van der Waals surface area contributed by atoms with Gasteiger partial charge in [0.15, 0.2) is 0 Å². The van der Waals surface area contributed by atoms with E-state index in [4.69, 9.17) is 0 Å². The average molecular weight is 525 g/mol. The van der Waals surface area contributed by atoms with Gasteiger partial charge in [0.25, 0.3) is 0 Å². The lowest BCUT2D eigenvalue weighted by atomic mass is 9.56. The van der Waals surface area contributed by atoms with E-state index in [0.29, 0.717) is 17.8 Å². The number of carbonyl (C=O) groups excluding carboxylic acids is 4. The fourth-order valence-corrected chi connectivity index (χ4v) is 7.97. The van der Waals surface area contributed by atoms with Gasteiger partial charge in [0, 0.05) is 11.8 Å². The molecule has 202 valence electrons. The summed E-state index contributed by atoms with van der Waals surface area (Å²) in [5.41, 5.74) is 1.42. The fraction of sp³-hybridized carbons (Fsp3) is 0.455. The first-order valence-corrected chi connectivity index (χ1v) is 14.1. The monoisotopic (exact) mass is 524 g/mol. The van der Waals surface area contributed by atoms with Gasteiger partial charge in [-0.05, 0) is 60.8 Å². The zero-order valence-electron chi connectivity index (χ0n) is 23.1. The van der Waals surface area contributed by atoms with Gasteiger partial charge in [-0.3, -0.25) is 24.1 Å². The predicted octanol–water partition coefficient (Wildman–Crippen LogP) is 5.78. The summed E-state index contributed by atoms with van der Waals surface area (Å²) in [6.45, 7) is 8.65. The molecule has 0 N–H and O–H groups in total. The number of hydrogen-bond acceptors (Lipinski definition) is 4. The molecule has 1 saturated carbocycles. The molecule has 2 aromatic carbocycles. The highest BCUT2D eigenvalue weighted by Crippen LogP contribution is 2.66. The second-order valence-corrected chi connectivity index (χ2v) is 12.8. The zero-order chi connectivity index (χ0) is 27.7. The summed E-state index contributed by atoms with van der Waals surface area (Å²) >= 11 is 0. The second kappa shape index (κ2) is 9.00. The van der Waals surface area contributed by atoms with Crippen molar-refractivity contribution in [1.29, 1.82) is 0 Å². The van der Waals surface area contributed by atoms with Crippen LogP contribution in [0.3, 0.4) is 0 Å². The molecule has 0 spiro atoms. The lowest BCUT2D eigenvalue weighted by Crippen LogP contribution is -2.47. The van der Waals surface area contributed by atoms with Crippen molar-refractivity contribution in [3.63, 3.8) is 0 Å². The van der Waals surface area contributed by atoms with Crippen LogP contribution in [-0.2, 0) is 19.2 Å². The molecular weight excluding hydrogens is 488 g/mol. The molecule has 6 rings (SSSR count). The molecule has 2 heterocycles. The number of rotatable bonds is 4. The largest absolute Gasteiger partial charge is 0.274 e. The van der Waals surface area contributed by atoms with Gasteiger partial charge in [0.05, 0.1) is 29.1 Å². The summed E-state index contributed by atoms with van der Waals surface area (Å²) in [6, 6.07) is 18.3. The Morgan fingerprint density at radius 2 is 1.41 bits per heavy atom. The molecule has 4 amide bonds. The summed E-state index contributed by atoms with van der Waals surface area (Å²) in [7, 11) is 0. The van der Waals surface area contributed by atoms with Crippen molar-refractivity contribution in [2.24, 2.45) is 40.4 Å². The van der Waals surface area contributed by atoms with Crippen LogP contribution in [0.2, 0.25) is 0 Å². The van der Waals surface area contributed by atoms with Gasteiger partial charge in [0.2, 0.25) is 23.6 Å². The molecule has 2 aliphatic carbocycles. The minimum absolute atomic E-state index is 0.0460. The Bertz CT molecular complexity index is 1380. The number of hydrogen-bond donors (Lipinski definition) is 0. The predicted molar refractivity (Wildman–Crippen MR) is 149 cm³/mol. The van der Waals surface area contributed by atoms with Crippen LogP contribution in [0.25, 0.3) is 0 Å². The van der Waals surface area contributed by atoms with Gasteiger partial charge in [-0.15, -0.1) is 0 Å². The van der Waals surface area contributed by atoms with Crippen LogP contribution < -0.4 is 9.80 Å². The molecule has 4 aliphatic rings. The van der Waals surface area contributed by atoms with Crippen LogP contribution in [0.5, 0.6) is 0 Å².